The van der Waals surface area contributed by atoms with Crippen LogP contribution in [-0.4, -0.2) is 39.6 Å². The number of hydrogen-bond acceptors (Lipinski definition) is 4. The monoisotopic (exact) mass is 513 g/mol. The van der Waals surface area contributed by atoms with Crippen molar-refractivity contribution in [2.75, 3.05) is 13.7 Å². The number of rotatable bonds is 2. The van der Waals surface area contributed by atoms with Crippen LogP contribution in [0.25, 0.3) is 21.7 Å². The van der Waals surface area contributed by atoms with Crippen LogP contribution in [0.4, 0.5) is 0 Å². The van der Waals surface area contributed by atoms with E-state index >= 15 is 0 Å². The molecule has 2 aliphatic rings. The van der Waals surface area contributed by atoms with E-state index in [0.29, 0.717) is 0 Å². The van der Waals surface area contributed by atoms with Gasteiger partial charge < -0.3 is 14.2 Å². The van der Waals surface area contributed by atoms with Crippen LogP contribution in [-0.2, 0) is 19.4 Å². The lowest BCUT2D eigenvalue weighted by Gasteiger charge is -2.37. The number of thiazole rings is 1. The molecule has 32 heavy (non-hydrogen) atoms. The Bertz CT molecular complexity index is 1190. The van der Waals surface area contributed by atoms with Crippen molar-refractivity contribution in [3.8, 4) is 27.4 Å². The van der Waals surface area contributed by atoms with E-state index in [1.807, 2.05) is 11.7 Å². The van der Waals surface area contributed by atoms with E-state index in [9.17, 15) is 4.79 Å². The first-order valence-corrected chi connectivity index (χ1v) is 12.8. The Hall–Kier alpha value is -2.12. The first-order valence-electron chi connectivity index (χ1n) is 11.1. The smallest absolute Gasteiger partial charge is 0.271 e. The second-order valence-electron chi connectivity index (χ2n) is 9.55. The Balaban J connectivity index is 1.82. The third-order valence-electron chi connectivity index (χ3n) is 6.60. The van der Waals surface area contributed by atoms with Crippen LogP contribution < -0.4 is 4.74 Å². The molecule has 7 heteroatoms. The fourth-order valence-corrected chi connectivity index (χ4v) is 6.32. The van der Waals surface area contributed by atoms with Gasteiger partial charge in [-0.25, -0.2) is 0 Å². The van der Waals surface area contributed by atoms with Gasteiger partial charge in [-0.1, -0.05) is 0 Å². The summed E-state index contributed by atoms with van der Waals surface area (Å²) in [6, 6.07) is 4.29. The van der Waals surface area contributed by atoms with E-state index < -0.39 is 0 Å². The standard InChI is InChI=1S/C25H28BrN3O2S/c1-25(2,3)29-9-6-5-7-16-21(20-13-27-14-32-20)22-17-12-18(26)19(31-4)11-15(17)8-10-28(22)23(16)24(29)30/h11-14H,5-10H2,1-4H3. The molecule has 1 amide bonds. The zero-order valence-corrected chi connectivity index (χ0v) is 21.4. The summed E-state index contributed by atoms with van der Waals surface area (Å²) in [7, 11) is 1.70. The summed E-state index contributed by atoms with van der Waals surface area (Å²) in [5, 5.41) is 0. The summed E-state index contributed by atoms with van der Waals surface area (Å²) < 4.78 is 8.78. The minimum Gasteiger partial charge on any atom is -0.496 e. The Morgan fingerprint density at radius 2 is 1.94 bits per heavy atom. The Labute approximate surface area is 201 Å². The minimum absolute atomic E-state index is 0.153. The average molecular weight is 514 g/mol. The van der Waals surface area contributed by atoms with E-state index in [2.05, 4.69) is 63.3 Å². The molecule has 0 radical (unpaired) electrons. The van der Waals surface area contributed by atoms with Crippen molar-refractivity contribution < 1.29 is 9.53 Å². The predicted octanol–water partition coefficient (Wildman–Crippen LogP) is 6.18. The van der Waals surface area contributed by atoms with Gasteiger partial charge in [0.25, 0.3) is 5.91 Å². The maximum Gasteiger partial charge on any atom is 0.271 e. The first-order chi connectivity index (χ1) is 15.3. The lowest BCUT2D eigenvalue weighted by molar-refractivity contribution is 0.0559. The van der Waals surface area contributed by atoms with Crippen molar-refractivity contribution in [2.24, 2.45) is 0 Å². The molecule has 5 rings (SSSR count). The van der Waals surface area contributed by atoms with Gasteiger partial charge >= 0.3 is 0 Å². The highest BCUT2D eigenvalue weighted by Gasteiger charge is 2.37. The largest absolute Gasteiger partial charge is 0.496 e. The van der Waals surface area contributed by atoms with Crippen molar-refractivity contribution in [2.45, 2.75) is 58.5 Å². The van der Waals surface area contributed by atoms with Gasteiger partial charge in [-0.05, 0) is 85.6 Å². The van der Waals surface area contributed by atoms with Crippen molar-refractivity contribution in [3.05, 3.63) is 45.1 Å². The molecule has 2 aromatic heterocycles. The van der Waals surface area contributed by atoms with Crippen molar-refractivity contribution in [1.29, 1.82) is 0 Å². The van der Waals surface area contributed by atoms with Gasteiger partial charge in [0.05, 0.1) is 27.7 Å². The number of methoxy groups -OCH3 is 1. The summed E-state index contributed by atoms with van der Waals surface area (Å²) >= 11 is 5.33. The minimum atomic E-state index is -0.218. The molecule has 0 unspecified atom stereocenters. The number of hydrogen-bond donors (Lipinski definition) is 0. The summed E-state index contributed by atoms with van der Waals surface area (Å²) in [5.41, 5.74) is 8.48. The van der Waals surface area contributed by atoms with Crippen molar-refractivity contribution in [1.82, 2.24) is 14.5 Å². The predicted molar refractivity (Wildman–Crippen MR) is 133 cm³/mol. The fraction of sp³-hybridized carbons (Fsp3) is 0.440. The lowest BCUT2D eigenvalue weighted by Crippen LogP contribution is -2.47. The molecule has 0 saturated heterocycles. The normalized spacial score (nSPS) is 16.2. The van der Waals surface area contributed by atoms with Crippen LogP contribution in [0.5, 0.6) is 5.75 Å². The SMILES string of the molecule is COc1cc2c(cc1Br)-c1c(-c3cncs3)c3c(n1CC2)C(=O)N(C(C)(C)C)CCCC3. The number of halogens is 1. The number of carbonyl (C=O) groups is 1. The summed E-state index contributed by atoms with van der Waals surface area (Å²) in [6.45, 7) is 7.99. The average Bonchev–Trinajstić information content (AvgIpc) is 3.36. The fourth-order valence-electron chi connectivity index (χ4n) is 5.12. The van der Waals surface area contributed by atoms with Gasteiger partial charge in [0.15, 0.2) is 0 Å². The van der Waals surface area contributed by atoms with Crippen LogP contribution in [0.1, 0.15) is 55.2 Å². The van der Waals surface area contributed by atoms with E-state index in [1.165, 1.54) is 22.3 Å². The van der Waals surface area contributed by atoms with Gasteiger partial charge in [0.1, 0.15) is 11.4 Å². The number of benzene rings is 1. The zero-order chi connectivity index (χ0) is 22.6. The molecular weight excluding hydrogens is 486 g/mol. The molecule has 0 aliphatic carbocycles. The van der Waals surface area contributed by atoms with Crippen molar-refractivity contribution in [3.63, 3.8) is 0 Å². The van der Waals surface area contributed by atoms with E-state index in [0.717, 1.165) is 65.3 Å². The molecule has 0 spiro atoms. The molecule has 1 aromatic carbocycles. The lowest BCUT2D eigenvalue weighted by atomic mass is 9.93. The third kappa shape index (κ3) is 3.41. The number of aryl methyl sites for hydroxylation is 1. The van der Waals surface area contributed by atoms with Gasteiger partial charge in [-0.2, -0.15) is 0 Å². The zero-order valence-electron chi connectivity index (χ0n) is 19.0. The number of fused-ring (bicyclic) bond motifs is 5. The second kappa shape index (κ2) is 8.03. The number of aromatic nitrogens is 2. The quantitative estimate of drug-likeness (QED) is 0.410. The highest BCUT2D eigenvalue weighted by Crippen LogP contribution is 2.47. The van der Waals surface area contributed by atoms with Crippen LogP contribution in [0.3, 0.4) is 0 Å². The molecule has 4 heterocycles. The number of carbonyl (C=O) groups excluding carboxylic acids is 1. The maximum absolute atomic E-state index is 14.0. The number of nitrogens with zero attached hydrogens (tertiary/aromatic N) is 3. The molecule has 3 aromatic rings. The Morgan fingerprint density at radius 3 is 2.62 bits per heavy atom. The van der Waals surface area contributed by atoms with E-state index in [4.69, 9.17) is 4.74 Å². The molecule has 0 saturated carbocycles. The maximum atomic E-state index is 14.0. The van der Waals surface area contributed by atoms with Gasteiger partial charge in [0, 0.05) is 36.0 Å². The molecule has 0 atom stereocenters. The Morgan fingerprint density at radius 1 is 1.12 bits per heavy atom. The third-order valence-corrected chi connectivity index (χ3v) is 8.01. The first kappa shape index (κ1) is 21.7. The van der Waals surface area contributed by atoms with E-state index in [1.54, 1.807) is 18.4 Å². The molecule has 2 aliphatic heterocycles. The van der Waals surface area contributed by atoms with Crippen molar-refractivity contribution >= 4 is 33.2 Å². The van der Waals surface area contributed by atoms with Crippen LogP contribution in [0, 0.1) is 0 Å². The molecule has 0 bridgehead atoms. The number of ether oxygens (including phenoxy) is 1. The molecule has 0 fully saturated rings. The highest BCUT2D eigenvalue weighted by molar-refractivity contribution is 9.10. The van der Waals surface area contributed by atoms with Crippen LogP contribution in [0.2, 0.25) is 0 Å². The molecule has 0 N–H and O–H groups in total. The molecular formula is C25H28BrN3O2S. The van der Waals surface area contributed by atoms with Gasteiger partial charge in [0.2, 0.25) is 0 Å². The van der Waals surface area contributed by atoms with Crippen LogP contribution >= 0.6 is 27.3 Å². The van der Waals surface area contributed by atoms with Gasteiger partial charge in [-0.3, -0.25) is 9.78 Å². The number of amides is 1. The van der Waals surface area contributed by atoms with Crippen LogP contribution in [0.15, 0.2) is 28.3 Å². The summed E-state index contributed by atoms with van der Waals surface area (Å²) in [6.07, 6.45) is 5.82. The second-order valence-corrected chi connectivity index (χ2v) is 11.3. The summed E-state index contributed by atoms with van der Waals surface area (Å²) in [5.74, 6) is 0.997. The molecule has 5 nitrogen and oxygen atoms in total. The Kier molecular flexibility index (Phi) is 5.45. The van der Waals surface area contributed by atoms with Gasteiger partial charge in [-0.15, -0.1) is 11.3 Å². The molecule has 168 valence electrons. The van der Waals surface area contributed by atoms with E-state index in [-0.39, 0.29) is 11.4 Å². The summed E-state index contributed by atoms with van der Waals surface area (Å²) in [4.78, 5) is 21.6. The topological polar surface area (TPSA) is 47.4 Å². The highest BCUT2D eigenvalue weighted by atomic mass is 79.9.